The van der Waals surface area contributed by atoms with Crippen molar-refractivity contribution in [1.82, 2.24) is 0 Å². The number of ether oxygens (including phenoxy) is 1. The lowest BCUT2D eigenvalue weighted by atomic mass is 9.84. The van der Waals surface area contributed by atoms with Crippen molar-refractivity contribution in [3.8, 4) is 5.75 Å². The van der Waals surface area contributed by atoms with E-state index in [1.54, 1.807) is 0 Å². The Hall–Kier alpha value is -1.02. The summed E-state index contributed by atoms with van der Waals surface area (Å²) in [7, 11) is 0. The van der Waals surface area contributed by atoms with Gasteiger partial charge >= 0.3 is 0 Å². The van der Waals surface area contributed by atoms with Crippen LogP contribution in [0.1, 0.15) is 65.5 Å². The van der Waals surface area contributed by atoms with Gasteiger partial charge in [0.2, 0.25) is 0 Å². The molecule has 0 spiro atoms. The standard InChI is InChI=1S/C19H33NO/c1-7-21-18-12-11-15(13-16(18)19(4,5)6)9-8-10-17(20)14(2)3/h11-14,17H,7-10,20H2,1-6H3. The smallest absolute Gasteiger partial charge is 0.123 e. The zero-order valence-electron chi connectivity index (χ0n) is 14.7. The van der Waals surface area contributed by atoms with Gasteiger partial charge in [0.05, 0.1) is 6.61 Å². The average Bonchev–Trinajstić information content (AvgIpc) is 2.39. The fourth-order valence-corrected chi connectivity index (χ4v) is 2.48. The fraction of sp³-hybridized carbons (Fsp3) is 0.684. The number of benzene rings is 1. The third kappa shape index (κ3) is 5.70. The molecule has 0 aliphatic carbocycles. The molecule has 1 atom stereocenters. The molecule has 1 rings (SSSR count). The van der Waals surface area contributed by atoms with Crippen LogP contribution >= 0.6 is 0 Å². The van der Waals surface area contributed by atoms with E-state index in [1.165, 1.54) is 11.1 Å². The van der Waals surface area contributed by atoms with Gasteiger partial charge in [0.15, 0.2) is 0 Å². The zero-order valence-corrected chi connectivity index (χ0v) is 14.7. The van der Waals surface area contributed by atoms with Crippen LogP contribution in [-0.4, -0.2) is 12.6 Å². The molecule has 0 fully saturated rings. The molecule has 0 saturated carbocycles. The molecule has 0 aromatic heterocycles. The lowest BCUT2D eigenvalue weighted by Crippen LogP contribution is -2.26. The van der Waals surface area contributed by atoms with Crippen LogP contribution in [0.5, 0.6) is 5.75 Å². The molecule has 2 N–H and O–H groups in total. The molecule has 1 aromatic carbocycles. The first-order valence-electron chi connectivity index (χ1n) is 8.27. The summed E-state index contributed by atoms with van der Waals surface area (Å²) < 4.78 is 5.77. The van der Waals surface area contributed by atoms with Crippen molar-refractivity contribution in [3.63, 3.8) is 0 Å². The molecule has 0 heterocycles. The number of aryl methyl sites for hydroxylation is 1. The first kappa shape index (κ1) is 18.0. The van der Waals surface area contributed by atoms with Gasteiger partial charge in [0.25, 0.3) is 0 Å². The van der Waals surface area contributed by atoms with Gasteiger partial charge in [-0.2, -0.15) is 0 Å². The third-order valence-electron chi connectivity index (χ3n) is 4.01. The van der Waals surface area contributed by atoms with E-state index in [1.807, 2.05) is 6.92 Å². The summed E-state index contributed by atoms with van der Waals surface area (Å²) in [5.41, 5.74) is 8.92. The van der Waals surface area contributed by atoms with Crippen LogP contribution in [0.4, 0.5) is 0 Å². The highest BCUT2D eigenvalue weighted by Crippen LogP contribution is 2.32. The van der Waals surface area contributed by atoms with Gasteiger partial charge in [-0.05, 0) is 54.7 Å². The number of hydrogen-bond acceptors (Lipinski definition) is 2. The SMILES string of the molecule is CCOc1ccc(CCCC(N)C(C)C)cc1C(C)(C)C. The molecule has 0 aliphatic heterocycles. The van der Waals surface area contributed by atoms with Gasteiger partial charge in [-0.3, -0.25) is 0 Å². The van der Waals surface area contributed by atoms with Crippen LogP contribution in [0.25, 0.3) is 0 Å². The van der Waals surface area contributed by atoms with E-state index >= 15 is 0 Å². The Morgan fingerprint density at radius 2 is 1.86 bits per heavy atom. The summed E-state index contributed by atoms with van der Waals surface area (Å²) in [5, 5.41) is 0. The number of hydrogen-bond donors (Lipinski definition) is 1. The second-order valence-corrected chi connectivity index (χ2v) is 7.31. The van der Waals surface area contributed by atoms with Crippen LogP contribution < -0.4 is 10.5 Å². The maximum Gasteiger partial charge on any atom is 0.123 e. The molecule has 120 valence electrons. The van der Waals surface area contributed by atoms with Gasteiger partial charge in [-0.1, -0.05) is 46.8 Å². The van der Waals surface area contributed by atoms with E-state index in [2.05, 4.69) is 52.8 Å². The van der Waals surface area contributed by atoms with Crippen LogP contribution in [0.15, 0.2) is 18.2 Å². The van der Waals surface area contributed by atoms with Crippen molar-refractivity contribution in [3.05, 3.63) is 29.3 Å². The Labute approximate surface area is 131 Å². The predicted octanol–water partition coefficient (Wildman–Crippen LogP) is 4.69. The summed E-state index contributed by atoms with van der Waals surface area (Å²) in [6, 6.07) is 6.95. The predicted molar refractivity (Wildman–Crippen MR) is 92.1 cm³/mol. The van der Waals surface area contributed by atoms with Gasteiger partial charge in [-0.25, -0.2) is 0 Å². The molecule has 1 aromatic rings. The van der Waals surface area contributed by atoms with E-state index in [-0.39, 0.29) is 5.41 Å². The van der Waals surface area contributed by atoms with E-state index < -0.39 is 0 Å². The van der Waals surface area contributed by atoms with Gasteiger partial charge in [-0.15, -0.1) is 0 Å². The quantitative estimate of drug-likeness (QED) is 0.791. The molecule has 0 bridgehead atoms. The Balaban J connectivity index is 2.76. The van der Waals surface area contributed by atoms with E-state index in [0.717, 1.165) is 25.0 Å². The van der Waals surface area contributed by atoms with E-state index in [4.69, 9.17) is 10.5 Å². The van der Waals surface area contributed by atoms with Crippen molar-refractivity contribution in [1.29, 1.82) is 0 Å². The highest BCUT2D eigenvalue weighted by atomic mass is 16.5. The minimum Gasteiger partial charge on any atom is -0.494 e. The summed E-state index contributed by atoms with van der Waals surface area (Å²) in [5.74, 6) is 1.59. The molecule has 0 aliphatic rings. The molecule has 1 unspecified atom stereocenters. The zero-order chi connectivity index (χ0) is 16.0. The summed E-state index contributed by atoms with van der Waals surface area (Å²) in [4.78, 5) is 0. The lowest BCUT2D eigenvalue weighted by Gasteiger charge is -2.23. The van der Waals surface area contributed by atoms with Crippen LogP contribution in [0, 0.1) is 5.92 Å². The molecule has 0 amide bonds. The van der Waals surface area contributed by atoms with Crippen LogP contribution in [0.3, 0.4) is 0 Å². The number of rotatable bonds is 7. The molecular formula is C19H33NO. The average molecular weight is 291 g/mol. The van der Waals surface area contributed by atoms with Crippen molar-refractivity contribution in [2.24, 2.45) is 11.7 Å². The molecule has 21 heavy (non-hydrogen) atoms. The van der Waals surface area contributed by atoms with Crippen molar-refractivity contribution >= 4 is 0 Å². The van der Waals surface area contributed by atoms with E-state index in [0.29, 0.717) is 18.6 Å². The normalized spacial score (nSPS) is 13.5. The molecule has 2 nitrogen and oxygen atoms in total. The van der Waals surface area contributed by atoms with Gasteiger partial charge in [0.1, 0.15) is 5.75 Å². The highest BCUT2D eigenvalue weighted by molar-refractivity contribution is 5.41. The highest BCUT2D eigenvalue weighted by Gasteiger charge is 2.19. The minimum atomic E-state index is 0.106. The Bertz CT molecular complexity index is 432. The summed E-state index contributed by atoms with van der Waals surface area (Å²) in [6.07, 6.45) is 3.34. The van der Waals surface area contributed by atoms with Crippen LogP contribution in [-0.2, 0) is 11.8 Å². The Kier molecular flexibility index (Phi) is 6.73. The topological polar surface area (TPSA) is 35.2 Å². The van der Waals surface area contributed by atoms with Gasteiger partial charge < -0.3 is 10.5 Å². The largest absolute Gasteiger partial charge is 0.494 e. The van der Waals surface area contributed by atoms with Crippen molar-refractivity contribution < 1.29 is 4.74 Å². The molecule has 0 radical (unpaired) electrons. The second kappa shape index (κ2) is 7.84. The van der Waals surface area contributed by atoms with Crippen molar-refractivity contribution in [2.75, 3.05) is 6.61 Å². The maximum atomic E-state index is 6.12. The fourth-order valence-electron chi connectivity index (χ4n) is 2.48. The number of nitrogens with two attached hydrogens (primary N) is 1. The monoisotopic (exact) mass is 291 g/mol. The van der Waals surface area contributed by atoms with Crippen molar-refractivity contribution in [2.45, 2.75) is 72.3 Å². The first-order valence-corrected chi connectivity index (χ1v) is 8.27. The molecule has 2 heteroatoms. The molecular weight excluding hydrogens is 258 g/mol. The summed E-state index contributed by atoms with van der Waals surface area (Å²) >= 11 is 0. The second-order valence-electron chi connectivity index (χ2n) is 7.31. The maximum absolute atomic E-state index is 6.12. The lowest BCUT2D eigenvalue weighted by molar-refractivity contribution is 0.329. The van der Waals surface area contributed by atoms with E-state index in [9.17, 15) is 0 Å². The minimum absolute atomic E-state index is 0.106. The third-order valence-corrected chi connectivity index (χ3v) is 4.01. The Morgan fingerprint density at radius 3 is 2.38 bits per heavy atom. The Morgan fingerprint density at radius 1 is 1.19 bits per heavy atom. The summed E-state index contributed by atoms with van der Waals surface area (Å²) in [6.45, 7) is 13.9. The molecule has 0 saturated heterocycles. The van der Waals surface area contributed by atoms with Gasteiger partial charge in [0, 0.05) is 6.04 Å². The first-order chi connectivity index (χ1) is 9.75. The van der Waals surface area contributed by atoms with Crippen LogP contribution in [0.2, 0.25) is 0 Å².